The van der Waals surface area contributed by atoms with Crippen molar-refractivity contribution in [3.8, 4) is 0 Å². The van der Waals surface area contributed by atoms with E-state index >= 15 is 0 Å². The van der Waals surface area contributed by atoms with Crippen molar-refractivity contribution in [2.75, 3.05) is 0 Å². The van der Waals surface area contributed by atoms with Crippen molar-refractivity contribution in [2.24, 2.45) is 0 Å². The number of thiophene rings is 1. The number of carbonyl (C=O) groups is 1. The van der Waals surface area contributed by atoms with Gasteiger partial charge in [-0.15, -0.1) is 22.7 Å². The summed E-state index contributed by atoms with van der Waals surface area (Å²) >= 11 is 8.63. The minimum absolute atomic E-state index is 0.109. The van der Waals surface area contributed by atoms with Crippen molar-refractivity contribution in [1.29, 1.82) is 0 Å². The van der Waals surface area contributed by atoms with E-state index in [0.29, 0.717) is 6.42 Å². The van der Waals surface area contributed by atoms with Crippen LogP contribution in [0.25, 0.3) is 0 Å². The molecule has 0 radical (unpaired) electrons. The molecule has 0 fully saturated rings. The molecule has 0 saturated heterocycles. The summed E-state index contributed by atoms with van der Waals surface area (Å²) < 4.78 is 0.736. The van der Waals surface area contributed by atoms with Gasteiger partial charge in [0, 0.05) is 16.7 Å². The Balaban J connectivity index is 2.14. The molecule has 0 amide bonds. The van der Waals surface area contributed by atoms with Crippen LogP contribution in [0.15, 0.2) is 17.5 Å². The molecule has 0 bridgehead atoms. The molecule has 0 spiro atoms. The molecule has 15 heavy (non-hydrogen) atoms. The third-order valence-electron chi connectivity index (χ3n) is 1.73. The first kappa shape index (κ1) is 10.6. The zero-order valence-corrected chi connectivity index (χ0v) is 9.83. The molecule has 0 saturated carbocycles. The van der Waals surface area contributed by atoms with E-state index in [2.05, 4.69) is 4.98 Å². The molecule has 1 N–H and O–H groups in total. The quantitative estimate of drug-likeness (QED) is 0.921. The number of carboxylic acid groups (broad SMARTS) is 1. The standard InChI is InChI=1S/C9H6ClNO2S2/c10-7-2-1-5(15-7)3-8-11-6(4-14-8)9(12)13/h1-2,4H,3H2,(H,12,13). The number of carboxylic acids is 1. The molecule has 0 atom stereocenters. The molecule has 2 aromatic heterocycles. The fourth-order valence-electron chi connectivity index (χ4n) is 1.09. The summed E-state index contributed by atoms with van der Waals surface area (Å²) in [7, 11) is 0. The number of halogens is 1. The van der Waals surface area contributed by atoms with Gasteiger partial charge in [0.25, 0.3) is 0 Å². The zero-order valence-electron chi connectivity index (χ0n) is 7.44. The van der Waals surface area contributed by atoms with Crippen LogP contribution in [0.3, 0.4) is 0 Å². The minimum Gasteiger partial charge on any atom is -0.476 e. The van der Waals surface area contributed by atoms with E-state index in [0.717, 1.165) is 14.2 Å². The molecule has 2 aromatic rings. The van der Waals surface area contributed by atoms with Gasteiger partial charge in [-0.2, -0.15) is 0 Å². The summed E-state index contributed by atoms with van der Waals surface area (Å²) in [5.74, 6) is -0.985. The Hall–Kier alpha value is -0.910. The molecule has 0 aliphatic heterocycles. The van der Waals surface area contributed by atoms with Crippen LogP contribution in [-0.4, -0.2) is 16.1 Å². The smallest absolute Gasteiger partial charge is 0.355 e. The normalized spacial score (nSPS) is 10.5. The first-order valence-electron chi connectivity index (χ1n) is 4.07. The Bertz CT molecular complexity index is 492. The summed E-state index contributed by atoms with van der Waals surface area (Å²) in [6.07, 6.45) is 0.648. The first-order chi connectivity index (χ1) is 7.15. The van der Waals surface area contributed by atoms with Crippen LogP contribution in [-0.2, 0) is 6.42 Å². The fourth-order valence-corrected chi connectivity index (χ4v) is 3.06. The van der Waals surface area contributed by atoms with Gasteiger partial charge < -0.3 is 5.11 Å². The Morgan fingerprint density at radius 3 is 2.87 bits per heavy atom. The Morgan fingerprint density at radius 2 is 2.33 bits per heavy atom. The third-order valence-corrected chi connectivity index (χ3v) is 3.81. The highest BCUT2D eigenvalue weighted by atomic mass is 35.5. The molecule has 0 aromatic carbocycles. The molecule has 6 heteroatoms. The van der Waals surface area contributed by atoms with E-state index in [4.69, 9.17) is 16.7 Å². The van der Waals surface area contributed by atoms with Crippen LogP contribution in [0.5, 0.6) is 0 Å². The van der Waals surface area contributed by atoms with Gasteiger partial charge in [0.1, 0.15) is 0 Å². The Morgan fingerprint density at radius 1 is 1.53 bits per heavy atom. The number of thiazole rings is 1. The van der Waals surface area contributed by atoms with E-state index in [9.17, 15) is 4.79 Å². The largest absolute Gasteiger partial charge is 0.476 e. The number of hydrogen-bond donors (Lipinski definition) is 1. The SMILES string of the molecule is O=C(O)c1csc(Cc2ccc(Cl)s2)n1. The Kier molecular flexibility index (Phi) is 3.04. The number of aromatic carboxylic acids is 1. The van der Waals surface area contributed by atoms with Crippen molar-refractivity contribution in [2.45, 2.75) is 6.42 Å². The predicted molar refractivity (Wildman–Crippen MR) is 61.2 cm³/mol. The maximum Gasteiger partial charge on any atom is 0.355 e. The average molecular weight is 260 g/mol. The van der Waals surface area contributed by atoms with E-state index in [1.807, 2.05) is 12.1 Å². The number of nitrogens with zero attached hydrogens (tertiary/aromatic N) is 1. The van der Waals surface area contributed by atoms with Crippen molar-refractivity contribution < 1.29 is 9.90 Å². The second-order valence-electron chi connectivity index (χ2n) is 2.81. The van der Waals surface area contributed by atoms with E-state index in [-0.39, 0.29) is 5.69 Å². The topological polar surface area (TPSA) is 50.2 Å². The van der Waals surface area contributed by atoms with Crippen molar-refractivity contribution in [3.05, 3.63) is 37.4 Å². The number of rotatable bonds is 3. The molecule has 0 aliphatic carbocycles. The van der Waals surface area contributed by atoms with Crippen LogP contribution in [0.2, 0.25) is 4.34 Å². The van der Waals surface area contributed by atoms with Crippen LogP contribution >= 0.6 is 34.3 Å². The second kappa shape index (κ2) is 4.30. The molecule has 2 heterocycles. The molecule has 78 valence electrons. The van der Waals surface area contributed by atoms with Gasteiger partial charge in [0.15, 0.2) is 5.69 Å². The highest BCUT2D eigenvalue weighted by Crippen LogP contribution is 2.24. The first-order valence-corrected chi connectivity index (χ1v) is 6.14. The van der Waals surface area contributed by atoms with Crippen molar-refractivity contribution in [1.82, 2.24) is 4.98 Å². The maximum atomic E-state index is 10.6. The molecule has 3 nitrogen and oxygen atoms in total. The third kappa shape index (κ3) is 2.56. The average Bonchev–Trinajstić information content (AvgIpc) is 2.76. The van der Waals surface area contributed by atoms with Gasteiger partial charge >= 0.3 is 5.97 Å². The lowest BCUT2D eigenvalue weighted by Gasteiger charge is -1.90. The molecular weight excluding hydrogens is 254 g/mol. The van der Waals surface area contributed by atoms with Crippen LogP contribution in [0, 0.1) is 0 Å². The van der Waals surface area contributed by atoms with Crippen LogP contribution in [0.1, 0.15) is 20.4 Å². The lowest BCUT2D eigenvalue weighted by molar-refractivity contribution is 0.0691. The predicted octanol–water partition coefficient (Wildman–Crippen LogP) is 3.15. The van der Waals surface area contributed by atoms with Gasteiger partial charge in [0.05, 0.1) is 9.34 Å². The van der Waals surface area contributed by atoms with E-state index in [1.165, 1.54) is 22.7 Å². The van der Waals surface area contributed by atoms with Gasteiger partial charge in [-0.1, -0.05) is 11.6 Å². The van der Waals surface area contributed by atoms with Gasteiger partial charge in [-0.05, 0) is 12.1 Å². The molecular formula is C9H6ClNO2S2. The second-order valence-corrected chi connectivity index (χ2v) is 5.56. The van der Waals surface area contributed by atoms with Gasteiger partial charge in [0.2, 0.25) is 0 Å². The molecule has 0 aliphatic rings. The Labute approximate surface area is 99.0 Å². The summed E-state index contributed by atoms with van der Waals surface area (Å²) in [5.41, 5.74) is 0.109. The van der Waals surface area contributed by atoms with Crippen LogP contribution in [0.4, 0.5) is 0 Å². The minimum atomic E-state index is -0.985. The summed E-state index contributed by atoms with van der Waals surface area (Å²) in [4.78, 5) is 15.7. The fraction of sp³-hybridized carbons (Fsp3) is 0.111. The number of aromatic nitrogens is 1. The monoisotopic (exact) mass is 259 g/mol. The van der Waals surface area contributed by atoms with Crippen molar-refractivity contribution >= 4 is 40.2 Å². The van der Waals surface area contributed by atoms with Crippen LogP contribution < -0.4 is 0 Å². The molecule has 2 rings (SSSR count). The summed E-state index contributed by atoms with van der Waals surface area (Å²) in [6.45, 7) is 0. The summed E-state index contributed by atoms with van der Waals surface area (Å²) in [5, 5.41) is 11.0. The van der Waals surface area contributed by atoms with Crippen molar-refractivity contribution in [3.63, 3.8) is 0 Å². The van der Waals surface area contributed by atoms with E-state index < -0.39 is 5.97 Å². The highest BCUT2D eigenvalue weighted by Gasteiger charge is 2.09. The van der Waals surface area contributed by atoms with E-state index in [1.54, 1.807) is 5.38 Å². The zero-order chi connectivity index (χ0) is 10.8. The summed E-state index contributed by atoms with van der Waals surface area (Å²) in [6, 6.07) is 3.75. The molecule has 0 unspecified atom stereocenters. The number of hydrogen-bond acceptors (Lipinski definition) is 4. The lowest BCUT2D eigenvalue weighted by Crippen LogP contribution is -1.96. The maximum absolute atomic E-state index is 10.6. The lowest BCUT2D eigenvalue weighted by atomic mass is 10.3. The van der Waals surface area contributed by atoms with Gasteiger partial charge in [-0.25, -0.2) is 9.78 Å². The van der Waals surface area contributed by atoms with Gasteiger partial charge in [-0.3, -0.25) is 0 Å². The highest BCUT2D eigenvalue weighted by molar-refractivity contribution is 7.16.